The summed E-state index contributed by atoms with van der Waals surface area (Å²) in [5, 5.41) is 10.7. The number of nitro benzene ring substituents is 1. The number of methoxy groups -OCH3 is 1. The minimum Gasteiger partial charge on any atom is -0.493 e. The summed E-state index contributed by atoms with van der Waals surface area (Å²) in [5.74, 6) is 2.34. The molecule has 0 aliphatic carbocycles. The number of terminal acetylenes is 1. The van der Waals surface area contributed by atoms with E-state index in [2.05, 4.69) is 5.92 Å². The number of carbonyl (C=O) groups excluding carboxylic acids is 2. The molecule has 158 valence electrons. The molecule has 31 heavy (non-hydrogen) atoms. The molecule has 0 N–H and O–H groups in total. The molecule has 1 heterocycles. The van der Waals surface area contributed by atoms with Crippen molar-refractivity contribution in [1.82, 2.24) is 4.90 Å². The molecule has 0 atom stereocenters. The van der Waals surface area contributed by atoms with E-state index in [1.54, 1.807) is 24.3 Å². The number of benzene rings is 2. The average Bonchev–Trinajstić information content (AvgIpc) is 3.00. The van der Waals surface area contributed by atoms with E-state index in [0.717, 1.165) is 16.7 Å². The molecule has 2 aromatic rings. The lowest BCUT2D eigenvalue weighted by Crippen LogP contribution is -2.28. The monoisotopic (exact) mass is 458 g/mol. The Labute approximate surface area is 186 Å². The Morgan fingerprint density at radius 1 is 1.32 bits per heavy atom. The van der Waals surface area contributed by atoms with Crippen LogP contribution in [-0.4, -0.2) is 34.6 Å². The van der Waals surface area contributed by atoms with E-state index in [1.807, 2.05) is 0 Å². The van der Waals surface area contributed by atoms with Crippen molar-refractivity contribution in [3.63, 3.8) is 0 Å². The van der Waals surface area contributed by atoms with E-state index < -0.39 is 16.1 Å². The van der Waals surface area contributed by atoms with Crippen molar-refractivity contribution >= 4 is 46.3 Å². The maximum atomic E-state index is 12.3. The number of hydrogen-bond acceptors (Lipinski definition) is 7. The SMILES string of the molecule is C#CCN1C(=O)SC(=Cc2cc(Cl)c(OCc3cccc([N+](=O)[O-])c3)c(OC)c2)C1=O. The van der Waals surface area contributed by atoms with E-state index in [1.165, 1.54) is 25.3 Å². The second-order valence-corrected chi connectivity index (χ2v) is 7.62. The van der Waals surface area contributed by atoms with Gasteiger partial charge < -0.3 is 9.47 Å². The van der Waals surface area contributed by atoms with Crippen molar-refractivity contribution in [2.45, 2.75) is 6.61 Å². The van der Waals surface area contributed by atoms with Gasteiger partial charge in [-0.1, -0.05) is 29.7 Å². The van der Waals surface area contributed by atoms with Gasteiger partial charge in [-0.15, -0.1) is 6.42 Å². The molecule has 2 amide bonds. The molecule has 8 nitrogen and oxygen atoms in total. The van der Waals surface area contributed by atoms with Crippen LogP contribution in [0.3, 0.4) is 0 Å². The predicted octanol–water partition coefficient (Wildman–Crippen LogP) is 4.51. The summed E-state index contributed by atoms with van der Waals surface area (Å²) in [6, 6.07) is 9.20. The molecule has 0 bridgehead atoms. The number of ether oxygens (including phenoxy) is 2. The minimum absolute atomic E-state index is 0.0298. The van der Waals surface area contributed by atoms with Gasteiger partial charge in [0.15, 0.2) is 11.5 Å². The van der Waals surface area contributed by atoms with Gasteiger partial charge in [-0.2, -0.15) is 0 Å². The molecule has 0 radical (unpaired) electrons. The van der Waals surface area contributed by atoms with Crippen LogP contribution in [0.4, 0.5) is 10.5 Å². The topological polar surface area (TPSA) is 99.0 Å². The third-order valence-corrected chi connectivity index (χ3v) is 5.37. The minimum atomic E-state index is -0.489. The maximum absolute atomic E-state index is 12.3. The largest absolute Gasteiger partial charge is 0.493 e. The molecular formula is C21H15ClN2O6S. The quantitative estimate of drug-likeness (QED) is 0.260. The van der Waals surface area contributed by atoms with Gasteiger partial charge in [-0.25, -0.2) is 0 Å². The van der Waals surface area contributed by atoms with Gasteiger partial charge in [0.25, 0.3) is 16.8 Å². The number of hydrogen-bond donors (Lipinski definition) is 0. The second-order valence-electron chi connectivity index (χ2n) is 6.22. The first kappa shape index (κ1) is 22.2. The van der Waals surface area contributed by atoms with Gasteiger partial charge in [0.1, 0.15) is 6.61 Å². The van der Waals surface area contributed by atoms with Crippen molar-refractivity contribution in [1.29, 1.82) is 0 Å². The van der Waals surface area contributed by atoms with Crippen molar-refractivity contribution in [3.05, 3.63) is 67.6 Å². The molecule has 1 saturated heterocycles. The van der Waals surface area contributed by atoms with E-state index in [4.69, 9.17) is 27.5 Å². The van der Waals surface area contributed by atoms with E-state index in [0.29, 0.717) is 16.9 Å². The van der Waals surface area contributed by atoms with Gasteiger partial charge >= 0.3 is 0 Å². The Bertz CT molecular complexity index is 1140. The van der Waals surface area contributed by atoms with Crippen molar-refractivity contribution in [2.75, 3.05) is 13.7 Å². The molecule has 1 fully saturated rings. The first-order valence-corrected chi connectivity index (χ1v) is 9.96. The van der Waals surface area contributed by atoms with Crippen LogP contribution in [0.25, 0.3) is 6.08 Å². The molecule has 0 unspecified atom stereocenters. The first-order valence-electron chi connectivity index (χ1n) is 8.76. The van der Waals surface area contributed by atoms with Gasteiger partial charge in [0, 0.05) is 12.1 Å². The van der Waals surface area contributed by atoms with Crippen LogP contribution in [0.1, 0.15) is 11.1 Å². The van der Waals surface area contributed by atoms with E-state index in [9.17, 15) is 19.7 Å². The molecule has 3 rings (SSSR count). The summed E-state index contributed by atoms with van der Waals surface area (Å²) in [4.78, 5) is 35.9. The summed E-state index contributed by atoms with van der Waals surface area (Å²) in [6.45, 7) is -0.0708. The lowest BCUT2D eigenvalue weighted by Gasteiger charge is -2.13. The number of thioether (sulfide) groups is 1. The van der Waals surface area contributed by atoms with Crippen LogP contribution in [-0.2, 0) is 11.4 Å². The number of carbonyl (C=O) groups is 2. The fourth-order valence-corrected chi connectivity index (χ4v) is 3.87. The number of nitro groups is 1. The van der Waals surface area contributed by atoms with Gasteiger partial charge in [-0.3, -0.25) is 24.6 Å². The highest BCUT2D eigenvalue weighted by Gasteiger charge is 2.34. The van der Waals surface area contributed by atoms with Crippen LogP contribution in [0.15, 0.2) is 41.3 Å². The zero-order valence-corrected chi connectivity index (χ0v) is 17.7. The van der Waals surface area contributed by atoms with Crippen LogP contribution in [0, 0.1) is 22.5 Å². The van der Waals surface area contributed by atoms with Crippen LogP contribution < -0.4 is 9.47 Å². The van der Waals surface area contributed by atoms with Gasteiger partial charge in [0.05, 0.1) is 28.5 Å². The Kier molecular flexibility index (Phi) is 6.84. The highest BCUT2D eigenvalue weighted by Crippen LogP contribution is 2.39. The smallest absolute Gasteiger partial charge is 0.294 e. The number of imide groups is 1. The Balaban J connectivity index is 1.83. The van der Waals surface area contributed by atoms with Gasteiger partial charge in [-0.05, 0) is 41.1 Å². The van der Waals surface area contributed by atoms with E-state index >= 15 is 0 Å². The molecule has 0 aromatic heterocycles. The third-order valence-electron chi connectivity index (χ3n) is 4.18. The third kappa shape index (κ3) is 4.99. The number of halogens is 1. The van der Waals surface area contributed by atoms with Crippen LogP contribution in [0.5, 0.6) is 11.5 Å². The highest BCUT2D eigenvalue weighted by atomic mass is 35.5. The lowest BCUT2D eigenvalue weighted by molar-refractivity contribution is -0.384. The fraction of sp³-hybridized carbons (Fsp3) is 0.143. The predicted molar refractivity (Wildman–Crippen MR) is 117 cm³/mol. The number of non-ortho nitro benzene ring substituents is 1. The molecule has 0 spiro atoms. The maximum Gasteiger partial charge on any atom is 0.294 e. The highest BCUT2D eigenvalue weighted by molar-refractivity contribution is 8.18. The summed E-state index contributed by atoms with van der Waals surface area (Å²) < 4.78 is 11.1. The van der Waals surface area contributed by atoms with E-state index in [-0.39, 0.29) is 34.5 Å². The van der Waals surface area contributed by atoms with Crippen LogP contribution >= 0.6 is 23.4 Å². The van der Waals surface area contributed by atoms with Crippen molar-refractivity contribution < 1.29 is 24.0 Å². The van der Waals surface area contributed by atoms with Crippen molar-refractivity contribution in [2.24, 2.45) is 0 Å². The summed E-state index contributed by atoms with van der Waals surface area (Å²) in [6.07, 6.45) is 6.71. The lowest BCUT2D eigenvalue weighted by atomic mass is 10.1. The number of nitrogens with zero attached hydrogens (tertiary/aromatic N) is 2. The Morgan fingerprint density at radius 2 is 2.10 bits per heavy atom. The number of amides is 2. The summed E-state index contributed by atoms with van der Waals surface area (Å²) in [5.41, 5.74) is 1.06. The second kappa shape index (κ2) is 9.55. The molecule has 2 aromatic carbocycles. The zero-order chi connectivity index (χ0) is 22.5. The van der Waals surface area contributed by atoms with Crippen molar-refractivity contribution in [3.8, 4) is 23.8 Å². The standard InChI is InChI=1S/C21H15ClN2O6S/c1-3-7-23-20(25)18(31-21(23)26)11-14-9-16(22)19(17(10-14)29-2)30-12-13-5-4-6-15(8-13)24(27)28/h1,4-6,8-11H,7,12H2,2H3. The molecule has 0 saturated carbocycles. The number of rotatable bonds is 7. The summed E-state index contributed by atoms with van der Waals surface area (Å²) in [7, 11) is 1.43. The average molecular weight is 459 g/mol. The molecule has 1 aliphatic rings. The molecule has 10 heteroatoms. The Hall–Kier alpha value is -3.48. The fourth-order valence-electron chi connectivity index (χ4n) is 2.76. The Morgan fingerprint density at radius 3 is 2.77 bits per heavy atom. The summed E-state index contributed by atoms with van der Waals surface area (Å²) >= 11 is 7.14. The normalized spacial score (nSPS) is 14.6. The van der Waals surface area contributed by atoms with Gasteiger partial charge in [0.2, 0.25) is 0 Å². The zero-order valence-electron chi connectivity index (χ0n) is 16.2. The van der Waals surface area contributed by atoms with Crippen LogP contribution in [0.2, 0.25) is 5.02 Å². The first-order chi connectivity index (χ1) is 14.8. The molecular weight excluding hydrogens is 444 g/mol. The molecule has 1 aliphatic heterocycles.